The maximum Gasteiger partial charge on any atom is 0.338 e. The van der Waals surface area contributed by atoms with Crippen LogP contribution in [0.1, 0.15) is 22.8 Å². The lowest BCUT2D eigenvalue weighted by atomic mass is 10.2. The Morgan fingerprint density at radius 3 is 2.48 bits per heavy atom. The SMILES string of the molecule is CCOC(=O)c1ccc(NC(=S)NC(=O)/C=C/c2ccccc2OC)cc1. The summed E-state index contributed by atoms with van der Waals surface area (Å²) in [5.41, 5.74) is 1.86. The lowest BCUT2D eigenvalue weighted by molar-refractivity contribution is -0.115. The van der Waals surface area contributed by atoms with E-state index in [0.29, 0.717) is 23.6 Å². The molecule has 2 N–H and O–H groups in total. The summed E-state index contributed by atoms with van der Waals surface area (Å²) >= 11 is 5.12. The van der Waals surface area contributed by atoms with Crippen LogP contribution in [-0.4, -0.2) is 30.7 Å². The zero-order chi connectivity index (χ0) is 19.6. The molecule has 6 nitrogen and oxygen atoms in total. The molecule has 0 unspecified atom stereocenters. The number of amides is 1. The summed E-state index contributed by atoms with van der Waals surface area (Å²) in [5, 5.41) is 5.58. The van der Waals surface area contributed by atoms with Crippen molar-refractivity contribution < 1.29 is 19.1 Å². The van der Waals surface area contributed by atoms with Gasteiger partial charge >= 0.3 is 5.97 Å². The molecule has 0 heterocycles. The summed E-state index contributed by atoms with van der Waals surface area (Å²) in [4.78, 5) is 23.6. The molecule has 0 spiro atoms. The summed E-state index contributed by atoms with van der Waals surface area (Å²) in [6, 6.07) is 13.9. The van der Waals surface area contributed by atoms with Crippen molar-refractivity contribution in [1.29, 1.82) is 0 Å². The van der Waals surface area contributed by atoms with Crippen molar-refractivity contribution in [2.24, 2.45) is 0 Å². The molecule has 0 aliphatic carbocycles. The van der Waals surface area contributed by atoms with Gasteiger partial charge in [0, 0.05) is 17.3 Å². The van der Waals surface area contributed by atoms with Gasteiger partial charge in [0.25, 0.3) is 0 Å². The minimum Gasteiger partial charge on any atom is -0.496 e. The van der Waals surface area contributed by atoms with E-state index in [1.807, 2.05) is 24.3 Å². The lowest BCUT2D eigenvalue weighted by Gasteiger charge is -2.09. The molecule has 0 saturated carbocycles. The third-order valence-corrected chi connectivity index (χ3v) is 3.65. The largest absolute Gasteiger partial charge is 0.496 e. The molecule has 0 aliphatic rings. The van der Waals surface area contributed by atoms with E-state index in [2.05, 4.69) is 10.6 Å². The molecule has 2 aromatic carbocycles. The van der Waals surface area contributed by atoms with Crippen LogP contribution in [0.15, 0.2) is 54.6 Å². The van der Waals surface area contributed by atoms with Crippen LogP contribution >= 0.6 is 12.2 Å². The second-order valence-corrected chi connectivity index (χ2v) is 5.72. The smallest absolute Gasteiger partial charge is 0.338 e. The van der Waals surface area contributed by atoms with E-state index in [4.69, 9.17) is 21.7 Å². The Labute approximate surface area is 163 Å². The molecule has 2 aromatic rings. The van der Waals surface area contributed by atoms with Gasteiger partial charge in [0.15, 0.2) is 5.11 Å². The van der Waals surface area contributed by atoms with E-state index in [-0.39, 0.29) is 17.0 Å². The Balaban J connectivity index is 1.90. The van der Waals surface area contributed by atoms with Crippen LogP contribution in [0.3, 0.4) is 0 Å². The maximum absolute atomic E-state index is 12.0. The molecule has 7 heteroatoms. The van der Waals surface area contributed by atoms with Gasteiger partial charge < -0.3 is 14.8 Å². The van der Waals surface area contributed by atoms with E-state index < -0.39 is 0 Å². The molecule has 1 amide bonds. The van der Waals surface area contributed by atoms with Gasteiger partial charge in [-0.1, -0.05) is 18.2 Å². The first kappa shape index (κ1) is 20.1. The number of rotatable bonds is 6. The molecule has 0 aliphatic heterocycles. The molecule has 0 fully saturated rings. The van der Waals surface area contributed by atoms with E-state index >= 15 is 0 Å². The molecule has 0 bridgehead atoms. The van der Waals surface area contributed by atoms with Crippen molar-refractivity contribution in [2.75, 3.05) is 19.0 Å². The third-order valence-electron chi connectivity index (χ3n) is 3.44. The lowest BCUT2D eigenvalue weighted by Crippen LogP contribution is -2.32. The molecule has 2 rings (SSSR count). The van der Waals surface area contributed by atoms with Crippen molar-refractivity contribution in [3.8, 4) is 5.75 Å². The minimum absolute atomic E-state index is 0.147. The van der Waals surface area contributed by atoms with Crippen LogP contribution in [0.25, 0.3) is 6.08 Å². The summed E-state index contributed by atoms with van der Waals surface area (Å²) in [7, 11) is 1.57. The zero-order valence-corrected chi connectivity index (χ0v) is 15.8. The van der Waals surface area contributed by atoms with Crippen LogP contribution in [0, 0.1) is 0 Å². The topological polar surface area (TPSA) is 76.7 Å². The van der Waals surface area contributed by atoms with Crippen LogP contribution in [-0.2, 0) is 9.53 Å². The monoisotopic (exact) mass is 384 g/mol. The minimum atomic E-state index is -0.388. The Morgan fingerprint density at radius 2 is 1.81 bits per heavy atom. The number of ether oxygens (including phenoxy) is 2. The summed E-state index contributed by atoms with van der Waals surface area (Å²) in [5.74, 6) is -0.0908. The number of methoxy groups -OCH3 is 1. The number of hydrogen-bond donors (Lipinski definition) is 2. The fraction of sp³-hybridized carbons (Fsp3) is 0.150. The fourth-order valence-corrected chi connectivity index (χ4v) is 2.41. The standard InChI is InChI=1S/C20H20N2O4S/c1-3-26-19(24)15-8-11-16(12-9-15)21-20(27)22-18(23)13-10-14-6-4-5-7-17(14)25-2/h4-13H,3H2,1-2H3,(H2,21,22,23,27)/b13-10+. The Morgan fingerprint density at radius 1 is 1.11 bits per heavy atom. The first-order valence-electron chi connectivity index (χ1n) is 8.23. The number of thiocarbonyl (C=S) groups is 1. The van der Waals surface area contributed by atoms with Gasteiger partial charge in [-0.15, -0.1) is 0 Å². The number of carbonyl (C=O) groups excluding carboxylic acids is 2. The first-order chi connectivity index (χ1) is 13.0. The summed E-state index contributed by atoms with van der Waals surface area (Å²) in [6.07, 6.45) is 3.01. The van der Waals surface area contributed by atoms with Gasteiger partial charge in [0.05, 0.1) is 19.3 Å². The third kappa shape index (κ3) is 6.23. The summed E-state index contributed by atoms with van der Waals surface area (Å²) < 4.78 is 10.1. The van der Waals surface area contributed by atoms with Crippen molar-refractivity contribution >= 4 is 41.0 Å². The second-order valence-electron chi connectivity index (χ2n) is 5.32. The number of carbonyl (C=O) groups is 2. The normalized spacial score (nSPS) is 10.3. The van der Waals surface area contributed by atoms with E-state index in [1.165, 1.54) is 6.08 Å². The molecular weight excluding hydrogens is 364 g/mol. The number of anilines is 1. The van der Waals surface area contributed by atoms with Gasteiger partial charge in [0.2, 0.25) is 5.91 Å². The van der Waals surface area contributed by atoms with Gasteiger partial charge in [-0.25, -0.2) is 4.79 Å². The van der Waals surface area contributed by atoms with Gasteiger partial charge in [0.1, 0.15) is 5.75 Å². The average Bonchev–Trinajstić information content (AvgIpc) is 2.67. The predicted octanol–water partition coefficient (Wildman–Crippen LogP) is 3.40. The average molecular weight is 384 g/mol. The van der Waals surface area contributed by atoms with Crippen LogP contribution in [0.4, 0.5) is 5.69 Å². The highest BCUT2D eigenvalue weighted by Crippen LogP contribution is 2.18. The van der Waals surface area contributed by atoms with E-state index in [9.17, 15) is 9.59 Å². The molecule has 27 heavy (non-hydrogen) atoms. The fourth-order valence-electron chi connectivity index (χ4n) is 2.19. The number of hydrogen-bond acceptors (Lipinski definition) is 5. The molecular formula is C20H20N2O4S. The highest BCUT2D eigenvalue weighted by atomic mass is 32.1. The van der Waals surface area contributed by atoms with Crippen LogP contribution < -0.4 is 15.4 Å². The highest BCUT2D eigenvalue weighted by Gasteiger charge is 2.07. The van der Waals surface area contributed by atoms with E-state index in [0.717, 1.165) is 5.56 Å². The number of esters is 1. The van der Waals surface area contributed by atoms with Gasteiger partial charge in [-0.2, -0.15) is 0 Å². The van der Waals surface area contributed by atoms with Crippen LogP contribution in [0.2, 0.25) is 0 Å². The molecule has 0 atom stereocenters. The second kappa shape index (κ2) is 10.1. The number of benzene rings is 2. The van der Waals surface area contributed by atoms with E-state index in [1.54, 1.807) is 44.4 Å². The Bertz CT molecular complexity index is 847. The van der Waals surface area contributed by atoms with Crippen molar-refractivity contribution in [2.45, 2.75) is 6.92 Å². The molecule has 0 saturated heterocycles. The molecule has 140 valence electrons. The van der Waals surface area contributed by atoms with Crippen molar-refractivity contribution in [3.05, 3.63) is 65.7 Å². The summed E-state index contributed by atoms with van der Waals surface area (Å²) in [6.45, 7) is 2.06. The van der Waals surface area contributed by atoms with Gasteiger partial charge in [-0.3, -0.25) is 10.1 Å². The molecule has 0 radical (unpaired) electrons. The first-order valence-corrected chi connectivity index (χ1v) is 8.64. The maximum atomic E-state index is 12.0. The number of nitrogens with one attached hydrogen (secondary N) is 2. The van der Waals surface area contributed by atoms with Gasteiger partial charge in [-0.05, 0) is 55.5 Å². The Kier molecular flexibility index (Phi) is 7.51. The Hall–Kier alpha value is -3.19. The highest BCUT2D eigenvalue weighted by molar-refractivity contribution is 7.80. The van der Waals surface area contributed by atoms with Crippen molar-refractivity contribution in [3.63, 3.8) is 0 Å². The predicted molar refractivity (Wildman–Crippen MR) is 109 cm³/mol. The molecule has 0 aromatic heterocycles. The van der Waals surface area contributed by atoms with Crippen molar-refractivity contribution in [1.82, 2.24) is 5.32 Å². The zero-order valence-electron chi connectivity index (χ0n) is 15.0. The van der Waals surface area contributed by atoms with Crippen LogP contribution in [0.5, 0.6) is 5.75 Å². The quantitative estimate of drug-likeness (QED) is 0.452. The number of para-hydroxylation sites is 1.